The van der Waals surface area contributed by atoms with E-state index in [1.807, 2.05) is 12.1 Å². The van der Waals surface area contributed by atoms with Crippen molar-refractivity contribution in [3.05, 3.63) is 82.3 Å². The molecule has 1 aliphatic heterocycles. The van der Waals surface area contributed by atoms with Crippen LogP contribution in [0.5, 0.6) is 0 Å². The molecule has 1 aliphatic rings. The number of benzene rings is 2. The zero-order chi connectivity index (χ0) is 15.8. The van der Waals surface area contributed by atoms with Gasteiger partial charge in [0.25, 0.3) is 0 Å². The van der Waals surface area contributed by atoms with Gasteiger partial charge in [0.05, 0.1) is 0 Å². The van der Waals surface area contributed by atoms with Crippen LogP contribution < -0.4 is 10.0 Å². The molecule has 0 spiro atoms. The van der Waals surface area contributed by atoms with E-state index in [2.05, 4.69) is 48.6 Å². The second kappa shape index (κ2) is 5.67. The van der Waals surface area contributed by atoms with Crippen LogP contribution in [-0.4, -0.2) is 0 Å². The van der Waals surface area contributed by atoms with Crippen molar-refractivity contribution in [3.63, 3.8) is 0 Å². The van der Waals surface area contributed by atoms with E-state index in [1.165, 1.54) is 16.5 Å². The lowest BCUT2D eigenvalue weighted by Gasteiger charge is -2.28. The Morgan fingerprint density at radius 1 is 1.09 bits per heavy atom. The molecule has 116 valence electrons. The summed E-state index contributed by atoms with van der Waals surface area (Å²) in [5.74, 6) is 0. The van der Waals surface area contributed by atoms with Crippen LogP contribution in [0, 0.1) is 5.21 Å². The van der Waals surface area contributed by atoms with Gasteiger partial charge in [-0.2, -0.15) is 4.73 Å². The predicted octanol–water partition coefficient (Wildman–Crippen LogP) is 3.42. The average molecular weight is 304 g/mol. The highest BCUT2D eigenvalue weighted by Crippen LogP contribution is 2.32. The molecular weight excluding hydrogens is 284 g/mol. The van der Waals surface area contributed by atoms with E-state index in [-0.39, 0.29) is 6.04 Å². The van der Waals surface area contributed by atoms with Crippen LogP contribution >= 0.6 is 0 Å². The van der Waals surface area contributed by atoms with E-state index in [0.717, 1.165) is 40.8 Å². The number of nitrogens with zero attached hydrogens (tertiary/aromatic N) is 1. The number of nitrogens with one attached hydrogen (secondary N) is 1. The first-order valence-corrected chi connectivity index (χ1v) is 8.21. The number of hydrogen-bond acceptors (Lipinski definition) is 2. The largest absolute Gasteiger partial charge is 0.618 e. The van der Waals surface area contributed by atoms with Crippen LogP contribution in [0.2, 0.25) is 0 Å². The molecule has 2 heterocycles. The average Bonchev–Trinajstić information content (AvgIpc) is 2.60. The summed E-state index contributed by atoms with van der Waals surface area (Å²) in [4.78, 5) is 0. The van der Waals surface area contributed by atoms with E-state index in [1.54, 1.807) is 6.20 Å². The Labute approximate surface area is 136 Å². The third kappa shape index (κ3) is 2.37. The van der Waals surface area contributed by atoms with Gasteiger partial charge in [0, 0.05) is 30.0 Å². The molecular formula is C20H20N2O. The SMILES string of the molecule is CCc1c(C2Cc3ccccc3CN2)c2ccccc2c[n+]1[O-]. The highest BCUT2D eigenvalue weighted by molar-refractivity contribution is 5.85. The maximum Gasteiger partial charge on any atom is 0.197 e. The molecule has 1 N–H and O–H groups in total. The Morgan fingerprint density at radius 3 is 2.65 bits per heavy atom. The lowest BCUT2D eigenvalue weighted by molar-refractivity contribution is -0.612. The Morgan fingerprint density at radius 2 is 1.83 bits per heavy atom. The summed E-state index contributed by atoms with van der Waals surface area (Å²) in [6.07, 6.45) is 3.37. The van der Waals surface area contributed by atoms with Gasteiger partial charge >= 0.3 is 0 Å². The predicted molar refractivity (Wildman–Crippen MR) is 92.0 cm³/mol. The van der Waals surface area contributed by atoms with Gasteiger partial charge in [-0.15, -0.1) is 0 Å². The van der Waals surface area contributed by atoms with Crippen molar-refractivity contribution in [2.45, 2.75) is 32.4 Å². The summed E-state index contributed by atoms with van der Waals surface area (Å²) >= 11 is 0. The van der Waals surface area contributed by atoms with Crippen molar-refractivity contribution >= 4 is 10.8 Å². The van der Waals surface area contributed by atoms with Crippen molar-refractivity contribution in [3.8, 4) is 0 Å². The first-order valence-electron chi connectivity index (χ1n) is 8.21. The summed E-state index contributed by atoms with van der Waals surface area (Å²) in [6, 6.07) is 16.9. The molecule has 1 aromatic heterocycles. The summed E-state index contributed by atoms with van der Waals surface area (Å²) in [6.45, 7) is 2.91. The number of hydrogen-bond donors (Lipinski definition) is 1. The Bertz CT molecular complexity index is 873. The van der Waals surface area contributed by atoms with E-state index in [9.17, 15) is 5.21 Å². The molecule has 4 rings (SSSR count). The smallest absolute Gasteiger partial charge is 0.197 e. The molecule has 3 aromatic rings. The first-order chi connectivity index (χ1) is 11.3. The molecule has 0 fully saturated rings. The fourth-order valence-electron chi connectivity index (χ4n) is 3.73. The van der Waals surface area contributed by atoms with Crippen LogP contribution in [0.15, 0.2) is 54.7 Å². The fourth-order valence-corrected chi connectivity index (χ4v) is 3.73. The third-order valence-corrected chi connectivity index (χ3v) is 4.85. The van der Waals surface area contributed by atoms with Gasteiger partial charge in [0.2, 0.25) is 0 Å². The molecule has 3 nitrogen and oxygen atoms in total. The molecule has 1 atom stereocenters. The normalized spacial score (nSPS) is 17.2. The molecule has 2 aromatic carbocycles. The minimum absolute atomic E-state index is 0.186. The molecule has 0 aliphatic carbocycles. The Balaban J connectivity index is 1.88. The van der Waals surface area contributed by atoms with Gasteiger partial charge in [0.1, 0.15) is 0 Å². The van der Waals surface area contributed by atoms with Crippen molar-refractivity contribution < 1.29 is 4.73 Å². The topological polar surface area (TPSA) is 39.0 Å². The fraction of sp³-hybridized carbons (Fsp3) is 0.250. The number of rotatable bonds is 2. The molecule has 0 saturated heterocycles. The van der Waals surface area contributed by atoms with Gasteiger partial charge in [-0.25, -0.2) is 0 Å². The summed E-state index contributed by atoms with van der Waals surface area (Å²) in [7, 11) is 0. The van der Waals surface area contributed by atoms with E-state index in [4.69, 9.17) is 0 Å². The first kappa shape index (κ1) is 14.2. The van der Waals surface area contributed by atoms with Crippen LogP contribution in [0.3, 0.4) is 0 Å². The summed E-state index contributed by atoms with van der Waals surface area (Å²) in [5, 5.41) is 18.3. The second-order valence-corrected chi connectivity index (χ2v) is 6.16. The van der Waals surface area contributed by atoms with Crippen molar-refractivity contribution in [2.75, 3.05) is 0 Å². The molecule has 23 heavy (non-hydrogen) atoms. The van der Waals surface area contributed by atoms with Gasteiger partial charge in [-0.05, 0) is 29.0 Å². The van der Waals surface area contributed by atoms with E-state index in [0.29, 0.717) is 0 Å². The minimum Gasteiger partial charge on any atom is -0.618 e. The zero-order valence-corrected chi connectivity index (χ0v) is 13.3. The lowest BCUT2D eigenvalue weighted by atomic mass is 9.88. The maximum atomic E-state index is 12.5. The van der Waals surface area contributed by atoms with Gasteiger partial charge < -0.3 is 10.5 Å². The summed E-state index contributed by atoms with van der Waals surface area (Å²) < 4.78 is 1.06. The maximum absolute atomic E-state index is 12.5. The molecule has 0 amide bonds. The molecule has 3 heteroatoms. The highest BCUT2D eigenvalue weighted by Gasteiger charge is 2.27. The highest BCUT2D eigenvalue weighted by atomic mass is 16.5. The van der Waals surface area contributed by atoms with Gasteiger partial charge in [-0.1, -0.05) is 49.4 Å². The molecule has 1 unspecified atom stereocenters. The number of aromatic nitrogens is 1. The van der Waals surface area contributed by atoms with E-state index >= 15 is 0 Å². The molecule has 0 bridgehead atoms. The zero-order valence-electron chi connectivity index (χ0n) is 13.3. The lowest BCUT2D eigenvalue weighted by Crippen LogP contribution is -2.37. The van der Waals surface area contributed by atoms with Crippen LogP contribution in [0.4, 0.5) is 0 Å². The Hall–Kier alpha value is -2.39. The molecule has 0 radical (unpaired) electrons. The molecule has 0 saturated carbocycles. The van der Waals surface area contributed by atoms with Gasteiger partial charge in [0.15, 0.2) is 11.9 Å². The van der Waals surface area contributed by atoms with Gasteiger partial charge in [-0.3, -0.25) is 0 Å². The quantitative estimate of drug-likeness (QED) is 0.582. The van der Waals surface area contributed by atoms with Crippen molar-refractivity contribution in [1.82, 2.24) is 5.32 Å². The van der Waals surface area contributed by atoms with Crippen LogP contribution in [0.1, 0.15) is 35.3 Å². The number of pyridine rings is 1. The van der Waals surface area contributed by atoms with Crippen LogP contribution in [0.25, 0.3) is 10.8 Å². The number of fused-ring (bicyclic) bond motifs is 2. The second-order valence-electron chi connectivity index (χ2n) is 6.16. The van der Waals surface area contributed by atoms with Crippen LogP contribution in [-0.2, 0) is 19.4 Å². The monoisotopic (exact) mass is 304 g/mol. The third-order valence-electron chi connectivity index (χ3n) is 4.85. The van der Waals surface area contributed by atoms with Crippen molar-refractivity contribution in [2.24, 2.45) is 0 Å². The Kier molecular flexibility index (Phi) is 3.50. The van der Waals surface area contributed by atoms with Crippen molar-refractivity contribution in [1.29, 1.82) is 0 Å². The minimum atomic E-state index is 0.186. The van der Waals surface area contributed by atoms with E-state index < -0.39 is 0 Å². The summed E-state index contributed by atoms with van der Waals surface area (Å²) in [5.41, 5.74) is 4.77. The standard InChI is InChI=1S/C20H20N2O/c1-2-19-20(17-10-6-5-9-16(17)13-22(19)23)18-11-14-7-3-4-8-15(14)12-21-18/h3-10,13,18,21H,2,11-12H2,1H3.